The van der Waals surface area contributed by atoms with Crippen molar-refractivity contribution in [3.05, 3.63) is 40.9 Å². The van der Waals surface area contributed by atoms with Gasteiger partial charge in [0.25, 0.3) is 0 Å². The van der Waals surface area contributed by atoms with Crippen molar-refractivity contribution in [2.45, 2.75) is 18.4 Å². The summed E-state index contributed by atoms with van der Waals surface area (Å²) in [5.74, 6) is 0.611. The zero-order valence-electron chi connectivity index (χ0n) is 11.1. The van der Waals surface area contributed by atoms with Crippen LogP contribution in [0.25, 0.3) is 0 Å². The summed E-state index contributed by atoms with van der Waals surface area (Å²) >= 11 is 5.96. The van der Waals surface area contributed by atoms with E-state index in [9.17, 15) is 8.42 Å². The number of nitrogens with one attached hydrogen (secondary N) is 1. The predicted octanol–water partition coefficient (Wildman–Crippen LogP) is 1.44. The highest BCUT2D eigenvalue weighted by molar-refractivity contribution is 7.89. The summed E-state index contributed by atoms with van der Waals surface area (Å²) in [5, 5.41) is 0.322. The Balaban J connectivity index is 2.25. The number of hydrogen-bond acceptors (Lipinski definition) is 4. The number of aryl methyl sites for hydroxylation is 1. The molecule has 2 rings (SSSR count). The molecule has 0 aliphatic heterocycles. The fourth-order valence-corrected chi connectivity index (χ4v) is 2.97. The van der Waals surface area contributed by atoms with Gasteiger partial charge in [-0.3, -0.25) is 0 Å². The lowest BCUT2D eigenvalue weighted by molar-refractivity contribution is 0.577. The Morgan fingerprint density at radius 2 is 2.15 bits per heavy atom. The second-order valence-corrected chi connectivity index (χ2v) is 6.57. The molecule has 0 fully saturated rings. The van der Waals surface area contributed by atoms with E-state index in [2.05, 4.69) is 9.71 Å². The largest absolute Gasteiger partial charge is 0.398 e. The topological polar surface area (TPSA) is 90.0 Å². The number of aromatic nitrogens is 2. The second kappa shape index (κ2) is 5.43. The number of imidazole rings is 1. The van der Waals surface area contributed by atoms with Crippen molar-refractivity contribution in [2.75, 3.05) is 5.73 Å². The van der Waals surface area contributed by atoms with Crippen molar-refractivity contribution in [1.29, 1.82) is 0 Å². The molecule has 8 heteroatoms. The highest BCUT2D eigenvalue weighted by Gasteiger charge is 2.17. The highest BCUT2D eigenvalue weighted by Crippen LogP contribution is 2.25. The molecule has 0 spiro atoms. The van der Waals surface area contributed by atoms with E-state index < -0.39 is 10.0 Å². The Morgan fingerprint density at radius 3 is 2.70 bits per heavy atom. The molecule has 20 heavy (non-hydrogen) atoms. The van der Waals surface area contributed by atoms with Gasteiger partial charge in [-0.05, 0) is 24.6 Å². The van der Waals surface area contributed by atoms with Crippen LogP contribution in [0.3, 0.4) is 0 Å². The Bertz CT molecular complexity index is 717. The highest BCUT2D eigenvalue weighted by atomic mass is 35.5. The van der Waals surface area contributed by atoms with Crippen LogP contribution in [-0.4, -0.2) is 18.0 Å². The van der Waals surface area contributed by atoms with E-state index in [1.807, 2.05) is 0 Å². The third kappa shape index (κ3) is 2.95. The second-order valence-electron chi connectivity index (χ2n) is 4.40. The van der Waals surface area contributed by atoms with E-state index in [-0.39, 0.29) is 11.4 Å². The normalized spacial score (nSPS) is 11.8. The van der Waals surface area contributed by atoms with E-state index in [4.69, 9.17) is 17.3 Å². The number of nitrogen functional groups attached to an aromatic ring is 1. The van der Waals surface area contributed by atoms with Crippen molar-refractivity contribution in [1.82, 2.24) is 14.3 Å². The van der Waals surface area contributed by atoms with Crippen LogP contribution < -0.4 is 10.5 Å². The number of rotatable bonds is 4. The smallest absolute Gasteiger partial charge is 0.241 e. The summed E-state index contributed by atoms with van der Waals surface area (Å²) in [4.78, 5) is 4.09. The maximum Gasteiger partial charge on any atom is 0.241 e. The molecular weight excluding hydrogens is 300 g/mol. The first-order chi connectivity index (χ1) is 9.31. The molecule has 0 atom stereocenters. The van der Waals surface area contributed by atoms with Gasteiger partial charge in [-0.15, -0.1) is 0 Å². The molecule has 1 heterocycles. The Morgan fingerprint density at radius 1 is 1.45 bits per heavy atom. The molecule has 3 N–H and O–H groups in total. The molecule has 0 aliphatic carbocycles. The minimum atomic E-state index is -3.68. The van der Waals surface area contributed by atoms with Crippen LogP contribution >= 0.6 is 11.6 Å². The third-order valence-electron chi connectivity index (χ3n) is 3.01. The quantitative estimate of drug-likeness (QED) is 0.836. The monoisotopic (exact) mass is 314 g/mol. The van der Waals surface area contributed by atoms with Gasteiger partial charge in [0, 0.05) is 30.2 Å². The van der Waals surface area contributed by atoms with E-state index >= 15 is 0 Å². The van der Waals surface area contributed by atoms with Gasteiger partial charge in [0.1, 0.15) is 5.82 Å². The van der Waals surface area contributed by atoms with Crippen molar-refractivity contribution in [3.8, 4) is 0 Å². The first-order valence-corrected chi connectivity index (χ1v) is 7.69. The fraction of sp³-hybridized carbons (Fsp3) is 0.250. The number of anilines is 1. The molecule has 0 aliphatic rings. The molecule has 0 saturated heterocycles. The lowest BCUT2D eigenvalue weighted by Gasteiger charge is -2.10. The summed E-state index contributed by atoms with van der Waals surface area (Å²) in [6, 6.07) is 2.77. The van der Waals surface area contributed by atoms with Crippen molar-refractivity contribution >= 4 is 27.3 Å². The Kier molecular flexibility index (Phi) is 4.03. The summed E-state index contributed by atoms with van der Waals surface area (Å²) < 4.78 is 28.6. The molecule has 2 aromatic rings. The van der Waals surface area contributed by atoms with E-state index in [0.29, 0.717) is 22.1 Å². The number of nitrogens with two attached hydrogens (primary N) is 1. The van der Waals surface area contributed by atoms with Crippen LogP contribution in [0.5, 0.6) is 0 Å². The first-order valence-electron chi connectivity index (χ1n) is 5.83. The van der Waals surface area contributed by atoms with Crippen molar-refractivity contribution in [3.63, 3.8) is 0 Å². The fourth-order valence-electron chi connectivity index (χ4n) is 1.64. The maximum absolute atomic E-state index is 12.2. The average molecular weight is 315 g/mol. The van der Waals surface area contributed by atoms with Crippen LogP contribution in [0.4, 0.5) is 5.69 Å². The van der Waals surface area contributed by atoms with E-state index in [1.165, 1.54) is 12.1 Å². The van der Waals surface area contributed by atoms with Gasteiger partial charge in [-0.25, -0.2) is 18.1 Å². The zero-order valence-corrected chi connectivity index (χ0v) is 12.7. The van der Waals surface area contributed by atoms with Crippen LogP contribution in [0.2, 0.25) is 5.02 Å². The molecule has 0 saturated carbocycles. The zero-order chi connectivity index (χ0) is 14.9. The molecule has 1 aromatic carbocycles. The SMILES string of the molecule is Cc1c(N)cc(S(=O)(=O)NCc2nccn2C)cc1Cl. The van der Waals surface area contributed by atoms with Gasteiger partial charge in [0.15, 0.2) is 0 Å². The maximum atomic E-state index is 12.2. The van der Waals surface area contributed by atoms with Crippen LogP contribution in [0, 0.1) is 6.92 Å². The molecule has 0 unspecified atom stereocenters. The van der Waals surface area contributed by atoms with Crippen LogP contribution in [-0.2, 0) is 23.6 Å². The van der Waals surface area contributed by atoms with Crippen LogP contribution in [0.15, 0.2) is 29.4 Å². The third-order valence-corrected chi connectivity index (χ3v) is 4.78. The number of sulfonamides is 1. The Labute approximate surface area is 122 Å². The van der Waals surface area contributed by atoms with E-state index in [0.717, 1.165) is 0 Å². The summed E-state index contributed by atoms with van der Waals surface area (Å²) in [7, 11) is -1.89. The molecule has 0 bridgehead atoms. The van der Waals surface area contributed by atoms with Crippen LogP contribution in [0.1, 0.15) is 11.4 Å². The molecule has 1 aromatic heterocycles. The lowest BCUT2D eigenvalue weighted by atomic mass is 10.2. The molecule has 0 radical (unpaired) electrons. The van der Waals surface area contributed by atoms with E-state index in [1.54, 1.807) is 30.9 Å². The summed E-state index contributed by atoms with van der Waals surface area (Å²) in [6.07, 6.45) is 3.34. The standard InChI is InChI=1S/C12H15ClN4O2S/c1-8-10(13)5-9(6-11(8)14)20(18,19)16-7-12-15-3-4-17(12)2/h3-6,16H,7,14H2,1-2H3. The molecule has 6 nitrogen and oxygen atoms in total. The predicted molar refractivity (Wildman–Crippen MR) is 77.8 cm³/mol. The molecule has 0 amide bonds. The van der Waals surface area contributed by atoms with Gasteiger partial charge >= 0.3 is 0 Å². The number of benzene rings is 1. The number of hydrogen-bond donors (Lipinski definition) is 2. The number of nitrogens with zero attached hydrogens (tertiary/aromatic N) is 2. The Hall–Kier alpha value is -1.57. The average Bonchev–Trinajstić information content (AvgIpc) is 2.78. The summed E-state index contributed by atoms with van der Waals surface area (Å²) in [5.41, 5.74) is 6.74. The van der Waals surface area contributed by atoms with Crippen molar-refractivity contribution < 1.29 is 8.42 Å². The minimum Gasteiger partial charge on any atom is -0.398 e. The van der Waals surface area contributed by atoms with Gasteiger partial charge < -0.3 is 10.3 Å². The molecule has 108 valence electrons. The summed E-state index contributed by atoms with van der Waals surface area (Å²) in [6.45, 7) is 1.83. The number of halogens is 1. The van der Waals surface area contributed by atoms with Gasteiger partial charge in [-0.2, -0.15) is 0 Å². The van der Waals surface area contributed by atoms with Gasteiger partial charge in [0.05, 0.1) is 11.4 Å². The van der Waals surface area contributed by atoms with Crippen molar-refractivity contribution in [2.24, 2.45) is 7.05 Å². The lowest BCUT2D eigenvalue weighted by Crippen LogP contribution is -2.25. The minimum absolute atomic E-state index is 0.0415. The molecular formula is C12H15ClN4O2S. The first kappa shape index (κ1) is 14.8. The van der Waals surface area contributed by atoms with Gasteiger partial charge in [-0.1, -0.05) is 11.6 Å². The van der Waals surface area contributed by atoms with Gasteiger partial charge in [0.2, 0.25) is 10.0 Å².